The topological polar surface area (TPSA) is 88.4 Å². The first-order chi connectivity index (χ1) is 10.5. The van der Waals surface area contributed by atoms with Crippen molar-refractivity contribution in [3.63, 3.8) is 0 Å². The summed E-state index contributed by atoms with van der Waals surface area (Å²) in [5.41, 5.74) is 1.04. The molecule has 2 aromatic rings. The Hall–Kier alpha value is -2.41. The number of aromatic carboxylic acids is 1. The fraction of sp³-hybridized carbons (Fsp3) is 0.267. The fourth-order valence-electron chi connectivity index (χ4n) is 2.11. The lowest BCUT2D eigenvalue weighted by molar-refractivity contribution is -0.116. The molecule has 0 saturated heterocycles. The van der Waals surface area contributed by atoms with E-state index in [1.54, 1.807) is 24.3 Å². The molecule has 1 heterocycles. The van der Waals surface area contributed by atoms with E-state index in [1.807, 2.05) is 13.0 Å². The number of carboxylic acid groups (broad SMARTS) is 1. The summed E-state index contributed by atoms with van der Waals surface area (Å²) < 4.78 is 1.25. The van der Waals surface area contributed by atoms with Gasteiger partial charge in [-0.1, -0.05) is 42.9 Å². The largest absolute Gasteiger partial charge is 0.477 e. The molecule has 0 saturated carbocycles. The number of nitrogens with zero attached hydrogens (tertiary/aromatic N) is 1. The quantitative estimate of drug-likeness (QED) is 0.854. The Labute approximate surface area is 131 Å². The summed E-state index contributed by atoms with van der Waals surface area (Å²) in [4.78, 5) is 34.8. The van der Waals surface area contributed by atoms with Gasteiger partial charge in [-0.3, -0.25) is 14.2 Å². The maximum Gasteiger partial charge on any atom is 0.347 e. The normalized spacial score (nSPS) is 10.4. The van der Waals surface area contributed by atoms with E-state index < -0.39 is 10.8 Å². The first kappa shape index (κ1) is 16.0. The number of benzene rings is 1. The van der Waals surface area contributed by atoms with Crippen molar-refractivity contribution < 1.29 is 14.7 Å². The van der Waals surface area contributed by atoms with Crippen LogP contribution in [0.5, 0.6) is 0 Å². The van der Waals surface area contributed by atoms with Crippen LogP contribution in [0.4, 0.5) is 5.69 Å². The van der Waals surface area contributed by atoms with Crippen molar-refractivity contribution in [3.8, 4) is 0 Å². The molecule has 22 heavy (non-hydrogen) atoms. The molecule has 0 radical (unpaired) electrons. The summed E-state index contributed by atoms with van der Waals surface area (Å²) in [6, 6.07) is 8.89. The number of anilines is 1. The predicted octanol–water partition coefficient (Wildman–Crippen LogP) is 2.20. The molecular formula is C15H16N2O4S. The number of carbonyl (C=O) groups excluding carboxylic acids is 1. The van der Waals surface area contributed by atoms with Crippen LogP contribution >= 0.6 is 11.3 Å². The van der Waals surface area contributed by atoms with Crippen molar-refractivity contribution >= 4 is 28.9 Å². The Balaban J connectivity index is 2.23. The van der Waals surface area contributed by atoms with Gasteiger partial charge in [0, 0.05) is 11.4 Å². The van der Waals surface area contributed by atoms with Crippen LogP contribution in [0.2, 0.25) is 0 Å². The molecule has 0 aliphatic carbocycles. The number of rotatable bonds is 6. The number of carboxylic acids is 1. The molecule has 1 amide bonds. The van der Waals surface area contributed by atoms with Crippen molar-refractivity contribution in [2.75, 3.05) is 5.32 Å². The highest BCUT2D eigenvalue weighted by molar-refractivity contribution is 7.11. The minimum Gasteiger partial charge on any atom is -0.477 e. The van der Waals surface area contributed by atoms with E-state index in [4.69, 9.17) is 5.11 Å². The Morgan fingerprint density at radius 1 is 1.27 bits per heavy atom. The van der Waals surface area contributed by atoms with Gasteiger partial charge in [0.05, 0.1) is 0 Å². The van der Waals surface area contributed by atoms with E-state index in [1.165, 1.54) is 4.57 Å². The van der Waals surface area contributed by atoms with Crippen LogP contribution in [0.15, 0.2) is 35.1 Å². The summed E-state index contributed by atoms with van der Waals surface area (Å²) in [7, 11) is 0. The number of thiazole rings is 1. The molecule has 6 nitrogen and oxygen atoms in total. The third kappa shape index (κ3) is 3.62. The Kier molecular flexibility index (Phi) is 5.11. The molecular weight excluding hydrogens is 304 g/mol. The summed E-state index contributed by atoms with van der Waals surface area (Å²) in [6.07, 6.45) is 1.13. The molecule has 0 fully saturated rings. The molecule has 2 rings (SSSR count). The average molecular weight is 320 g/mol. The monoisotopic (exact) mass is 320 g/mol. The second kappa shape index (κ2) is 7.04. The van der Waals surface area contributed by atoms with Crippen LogP contribution in [-0.4, -0.2) is 21.6 Å². The second-order valence-corrected chi connectivity index (χ2v) is 5.66. The van der Waals surface area contributed by atoms with Gasteiger partial charge in [0.15, 0.2) is 0 Å². The van der Waals surface area contributed by atoms with Gasteiger partial charge < -0.3 is 10.4 Å². The number of aromatic nitrogens is 1. The van der Waals surface area contributed by atoms with Gasteiger partial charge in [0.25, 0.3) is 0 Å². The second-order valence-electron chi connectivity index (χ2n) is 4.70. The average Bonchev–Trinajstić information content (AvgIpc) is 2.78. The van der Waals surface area contributed by atoms with E-state index in [9.17, 15) is 14.4 Å². The number of nitrogens with one attached hydrogen (secondary N) is 1. The van der Waals surface area contributed by atoms with Crippen LogP contribution in [0, 0.1) is 0 Å². The Morgan fingerprint density at radius 3 is 2.55 bits per heavy atom. The Morgan fingerprint density at radius 2 is 1.95 bits per heavy atom. The first-order valence-corrected chi connectivity index (χ1v) is 7.65. The van der Waals surface area contributed by atoms with E-state index in [0.717, 1.165) is 0 Å². The van der Waals surface area contributed by atoms with Crippen LogP contribution in [0.3, 0.4) is 0 Å². The van der Waals surface area contributed by atoms with Crippen molar-refractivity contribution in [3.05, 3.63) is 50.6 Å². The molecule has 2 N–H and O–H groups in total. The molecule has 1 aromatic carbocycles. The molecule has 1 aromatic heterocycles. The fourth-order valence-corrected chi connectivity index (χ4v) is 2.99. The molecule has 0 unspecified atom stereocenters. The van der Waals surface area contributed by atoms with Crippen molar-refractivity contribution in [2.24, 2.45) is 0 Å². The van der Waals surface area contributed by atoms with Gasteiger partial charge in [-0.05, 0) is 18.6 Å². The zero-order valence-corrected chi connectivity index (χ0v) is 12.9. The van der Waals surface area contributed by atoms with Gasteiger partial charge in [-0.15, -0.1) is 0 Å². The third-order valence-corrected chi connectivity index (χ3v) is 4.05. The summed E-state index contributed by atoms with van der Waals surface area (Å²) in [6.45, 7) is 1.70. The first-order valence-electron chi connectivity index (χ1n) is 6.83. The van der Waals surface area contributed by atoms with Gasteiger partial charge in [0.1, 0.15) is 11.4 Å². The summed E-state index contributed by atoms with van der Waals surface area (Å²) >= 11 is 0.665. The highest BCUT2D eigenvalue weighted by Gasteiger charge is 2.20. The highest BCUT2D eigenvalue weighted by Crippen LogP contribution is 2.15. The van der Waals surface area contributed by atoms with Gasteiger partial charge in [0.2, 0.25) is 5.91 Å². The lowest BCUT2D eigenvalue weighted by atomic mass is 10.2. The van der Waals surface area contributed by atoms with Crippen molar-refractivity contribution in [1.82, 2.24) is 4.57 Å². The standard InChI is InChI=1S/C15H16N2O4S/c1-2-6-11-13(14(19)20)22-15(21)17(11)9-12(18)16-10-7-4-3-5-8-10/h3-5,7-8H,2,6,9H2,1H3,(H,16,18)(H,19,20). The molecule has 7 heteroatoms. The minimum absolute atomic E-state index is 0.0133. The third-order valence-electron chi connectivity index (χ3n) is 3.04. The molecule has 0 bridgehead atoms. The molecule has 0 aliphatic heterocycles. The van der Waals surface area contributed by atoms with Gasteiger partial charge in [-0.2, -0.15) is 0 Å². The van der Waals surface area contributed by atoms with Crippen LogP contribution in [0.25, 0.3) is 0 Å². The van der Waals surface area contributed by atoms with E-state index in [0.29, 0.717) is 35.6 Å². The minimum atomic E-state index is -1.13. The molecule has 0 atom stereocenters. The number of hydrogen-bond donors (Lipinski definition) is 2. The maximum atomic E-state index is 12.1. The van der Waals surface area contributed by atoms with Gasteiger partial charge in [-0.25, -0.2) is 4.79 Å². The number of amides is 1. The lowest BCUT2D eigenvalue weighted by Crippen LogP contribution is -2.26. The predicted molar refractivity (Wildman–Crippen MR) is 84.6 cm³/mol. The number of hydrogen-bond acceptors (Lipinski definition) is 4. The van der Waals surface area contributed by atoms with E-state index in [-0.39, 0.29) is 17.3 Å². The smallest absolute Gasteiger partial charge is 0.347 e. The number of para-hydroxylation sites is 1. The zero-order valence-electron chi connectivity index (χ0n) is 12.0. The van der Waals surface area contributed by atoms with Crippen LogP contribution in [-0.2, 0) is 17.8 Å². The molecule has 0 spiro atoms. The van der Waals surface area contributed by atoms with Gasteiger partial charge >= 0.3 is 10.8 Å². The molecule has 0 aliphatic rings. The van der Waals surface area contributed by atoms with Crippen LogP contribution < -0.4 is 10.2 Å². The van der Waals surface area contributed by atoms with Crippen molar-refractivity contribution in [1.29, 1.82) is 0 Å². The number of carbonyl (C=O) groups is 2. The maximum absolute atomic E-state index is 12.1. The highest BCUT2D eigenvalue weighted by atomic mass is 32.1. The lowest BCUT2D eigenvalue weighted by Gasteiger charge is -2.09. The van der Waals surface area contributed by atoms with E-state index >= 15 is 0 Å². The summed E-state index contributed by atoms with van der Waals surface area (Å²) in [5.74, 6) is -1.49. The Bertz CT molecular complexity index is 734. The van der Waals surface area contributed by atoms with Crippen LogP contribution in [0.1, 0.15) is 28.7 Å². The summed E-state index contributed by atoms with van der Waals surface area (Å²) in [5, 5.41) is 11.8. The van der Waals surface area contributed by atoms with Crippen molar-refractivity contribution in [2.45, 2.75) is 26.3 Å². The zero-order chi connectivity index (χ0) is 16.1. The SMILES string of the molecule is CCCc1c(C(=O)O)sc(=O)n1CC(=O)Nc1ccccc1. The van der Waals surface area contributed by atoms with E-state index in [2.05, 4.69) is 5.32 Å². The molecule has 116 valence electrons.